The molecule has 1 amide bonds. The van der Waals surface area contributed by atoms with Crippen LogP contribution in [0, 0.1) is 11.8 Å². The highest BCUT2D eigenvalue weighted by Crippen LogP contribution is 2.31. The van der Waals surface area contributed by atoms with Gasteiger partial charge in [0.2, 0.25) is 5.91 Å². The van der Waals surface area contributed by atoms with Crippen LogP contribution in [0.15, 0.2) is 0 Å². The molecule has 1 unspecified atom stereocenters. The molecule has 0 aromatic heterocycles. The molecule has 0 aromatic rings. The van der Waals surface area contributed by atoms with Crippen molar-refractivity contribution < 1.29 is 9.53 Å². The molecule has 1 aliphatic carbocycles. The fraction of sp³-hybridized carbons (Fsp3) is 0.933. The summed E-state index contributed by atoms with van der Waals surface area (Å²) < 4.78 is 5.46. The molecule has 0 aromatic carbocycles. The Hall–Kier alpha value is -0.610. The highest BCUT2D eigenvalue weighted by molar-refractivity contribution is 5.77. The van der Waals surface area contributed by atoms with Gasteiger partial charge in [-0.2, -0.15) is 0 Å². The third-order valence-electron chi connectivity index (χ3n) is 4.78. The monoisotopic (exact) mass is 268 g/mol. The van der Waals surface area contributed by atoms with E-state index in [1.54, 1.807) is 0 Å². The second-order valence-corrected chi connectivity index (χ2v) is 6.05. The number of morpholine rings is 1. The van der Waals surface area contributed by atoms with Crippen LogP contribution in [0.4, 0.5) is 0 Å². The molecular formula is C15H28N2O2. The molecule has 2 fully saturated rings. The summed E-state index contributed by atoms with van der Waals surface area (Å²) in [7, 11) is 0. The number of ether oxygens (including phenoxy) is 1. The zero-order valence-electron chi connectivity index (χ0n) is 12.1. The van der Waals surface area contributed by atoms with Crippen LogP contribution < -0.4 is 5.73 Å². The summed E-state index contributed by atoms with van der Waals surface area (Å²) in [6, 6.07) is 0.293. The summed E-state index contributed by atoms with van der Waals surface area (Å²) in [6.45, 7) is 5.12. The lowest BCUT2D eigenvalue weighted by Gasteiger charge is -2.36. The van der Waals surface area contributed by atoms with Crippen molar-refractivity contribution in [2.24, 2.45) is 17.6 Å². The van der Waals surface area contributed by atoms with Crippen LogP contribution in [0.5, 0.6) is 0 Å². The zero-order chi connectivity index (χ0) is 13.7. The maximum absolute atomic E-state index is 12.4. The van der Waals surface area contributed by atoms with Crippen molar-refractivity contribution >= 4 is 5.91 Å². The molecule has 1 heterocycles. The Labute approximate surface area is 116 Å². The van der Waals surface area contributed by atoms with Crippen LogP contribution in [0.3, 0.4) is 0 Å². The lowest BCUT2D eigenvalue weighted by Crippen LogP contribution is -2.48. The van der Waals surface area contributed by atoms with E-state index in [0.717, 1.165) is 25.9 Å². The van der Waals surface area contributed by atoms with Crippen LogP contribution in [0.1, 0.15) is 45.4 Å². The van der Waals surface area contributed by atoms with Crippen molar-refractivity contribution in [2.45, 2.75) is 51.5 Å². The Bertz CT molecular complexity index is 288. The van der Waals surface area contributed by atoms with Gasteiger partial charge in [-0.1, -0.05) is 6.92 Å². The molecule has 2 aliphatic rings. The van der Waals surface area contributed by atoms with E-state index >= 15 is 0 Å². The maximum atomic E-state index is 12.4. The molecule has 0 spiro atoms. The van der Waals surface area contributed by atoms with Crippen molar-refractivity contribution in [2.75, 3.05) is 26.3 Å². The fourth-order valence-corrected chi connectivity index (χ4v) is 3.36. The first-order chi connectivity index (χ1) is 9.24. The van der Waals surface area contributed by atoms with E-state index in [2.05, 4.69) is 11.8 Å². The summed E-state index contributed by atoms with van der Waals surface area (Å²) in [5.41, 5.74) is 5.71. The van der Waals surface area contributed by atoms with E-state index in [1.807, 2.05) is 0 Å². The molecule has 2 N–H and O–H groups in total. The topological polar surface area (TPSA) is 55.6 Å². The Balaban J connectivity index is 1.80. The van der Waals surface area contributed by atoms with Gasteiger partial charge in [-0.25, -0.2) is 0 Å². The predicted octanol–water partition coefficient (Wildman–Crippen LogP) is 1.78. The molecule has 110 valence electrons. The first-order valence-electron chi connectivity index (χ1n) is 7.81. The van der Waals surface area contributed by atoms with E-state index in [-0.39, 0.29) is 0 Å². The third kappa shape index (κ3) is 3.93. The molecule has 4 nitrogen and oxygen atoms in total. The summed E-state index contributed by atoms with van der Waals surface area (Å²) in [5.74, 6) is 1.61. The molecule has 1 saturated carbocycles. The summed E-state index contributed by atoms with van der Waals surface area (Å²) in [4.78, 5) is 14.5. The number of hydrogen-bond acceptors (Lipinski definition) is 3. The highest BCUT2D eigenvalue weighted by atomic mass is 16.5. The van der Waals surface area contributed by atoms with Gasteiger partial charge in [-0.3, -0.25) is 4.79 Å². The first-order valence-corrected chi connectivity index (χ1v) is 7.81. The molecule has 1 atom stereocenters. The molecule has 19 heavy (non-hydrogen) atoms. The lowest BCUT2D eigenvalue weighted by atomic mass is 9.80. The number of nitrogens with two attached hydrogens (primary N) is 1. The molecule has 1 saturated heterocycles. The Kier molecular flexibility index (Phi) is 5.64. The minimum Gasteiger partial charge on any atom is -0.377 e. The molecule has 0 bridgehead atoms. The van der Waals surface area contributed by atoms with Crippen LogP contribution in [0.25, 0.3) is 0 Å². The number of rotatable bonds is 4. The summed E-state index contributed by atoms with van der Waals surface area (Å²) in [6.07, 6.45) is 6.48. The first kappa shape index (κ1) is 14.8. The van der Waals surface area contributed by atoms with Gasteiger partial charge in [0, 0.05) is 13.0 Å². The number of carbonyl (C=O) groups is 1. The summed E-state index contributed by atoms with van der Waals surface area (Å²) >= 11 is 0. The normalized spacial score (nSPS) is 32.3. The van der Waals surface area contributed by atoms with Crippen molar-refractivity contribution in [3.8, 4) is 0 Å². The number of amides is 1. The van der Waals surface area contributed by atoms with Gasteiger partial charge < -0.3 is 15.4 Å². The Morgan fingerprint density at radius 1 is 1.26 bits per heavy atom. The minimum absolute atomic E-state index is 0.293. The highest BCUT2D eigenvalue weighted by Gasteiger charge is 2.29. The average molecular weight is 268 g/mol. The second-order valence-electron chi connectivity index (χ2n) is 6.05. The van der Waals surface area contributed by atoms with Crippen molar-refractivity contribution in [1.29, 1.82) is 0 Å². The largest absolute Gasteiger partial charge is 0.377 e. The van der Waals surface area contributed by atoms with Gasteiger partial charge in [0.05, 0.1) is 19.3 Å². The second kappa shape index (κ2) is 7.25. The number of nitrogens with zero attached hydrogens (tertiary/aromatic N) is 1. The Morgan fingerprint density at radius 2 is 1.95 bits per heavy atom. The van der Waals surface area contributed by atoms with Gasteiger partial charge in [0.1, 0.15) is 0 Å². The van der Waals surface area contributed by atoms with Crippen LogP contribution >= 0.6 is 0 Å². The Morgan fingerprint density at radius 3 is 2.58 bits per heavy atom. The maximum Gasteiger partial charge on any atom is 0.223 e. The van der Waals surface area contributed by atoms with Gasteiger partial charge in [0.15, 0.2) is 0 Å². The van der Waals surface area contributed by atoms with E-state index in [0.29, 0.717) is 37.0 Å². The van der Waals surface area contributed by atoms with E-state index in [1.165, 1.54) is 25.7 Å². The van der Waals surface area contributed by atoms with Gasteiger partial charge in [-0.05, 0) is 50.5 Å². The molecule has 1 aliphatic heterocycles. The SMILES string of the molecule is CCC1COCCN1C(=O)CC1CCC(CN)CC1. The van der Waals surface area contributed by atoms with Crippen molar-refractivity contribution in [3.63, 3.8) is 0 Å². The van der Waals surface area contributed by atoms with Crippen LogP contribution in [-0.2, 0) is 9.53 Å². The number of hydrogen-bond donors (Lipinski definition) is 1. The molecule has 4 heteroatoms. The smallest absolute Gasteiger partial charge is 0.223 e. The van der Waals surface area contributed by atoms with Crippen LogP contribution in [0.2, 0.25) is 0 Å². The van der Waals surface area contributed by atoms with E-state index in [4.69, 9.17) is 10.5 Å². The van der Waals surface area contributed by atoms with Gasteiger partial charge in [0.25, 0.3) is 0 Å². The zero-order valence-corrected chi connectivity index (χ0v) is 12.1. The third-order valence-corrected chi connectivity index (χ3v) is 4.78. The van der Waals surface area contributed by atoms with Crippen molar-refractivity contribution in [1.82, 2.24) is 4.90 Å². The standard InChI is InChI=1S/C15H28N2O2/c1-2-14-11-19-8-7-17(14)15(18)9-12-3-5-13(10-16)6-4-12/h12-14H,2-11,16H2,1H3. The molecule has 2 rings (SSSR count). The average Bonchev–Trinajstić information content (AvgIpc) is 2.48. The molecule has 0 radical (unpaired) electrons. The van der Waals surface area contributed by atoms with E-state index < -0.39 is 0 Å². The quantitative estimate of drug-likeness (QED) is 0.845. The lowest BCUT2D eigenvalue weighted by molar-refractivity contribution is -0.141. The minimum atomic E-state index is 0.293. The van der Waals surface area contributed by atoms with E-state index in [9.17, 15) is 4.79 Å². The van der Waals surface area contributed by atoms with Gasteiger partial charge >= 0.3 is 0 Å². The predicted molar refractivity (Wildman–Crippen MR) is 75.7 cm³/mol. The van der Waals surface area contributed by atoms with Crippen LogP contribution in [-0.4, -0.2) is 43.2 Å². The number of carbonyl (C=O) groups excluding carboxylic acids is 1. The molecular weight excluding hydrogens is 240 g/mol. The fourth-order valence-electron chi connectivity index (χ4n) is 3.36. The van der Waals surface area contributed by atoms with Crippen molar-refractivity contribution in [3.05, 3.63) is 0 Å². The van der Waals surface area contributed by atoms with Gasteiger partial charge in [-0.15, -0.1) is 0 Å². The summed E-state index contributed by atoms with van der Waals surface area (Å²) in [5, 5.41) is 0.